The number of carbonyl (C=O) groups excluding carboxylic acids is 1. The minimum absolute atomic E-state index is 0.160. The van der Waals surface area contributed by atoms with E-state index in [-0.39, 0.29) is 11.4 Å². The van der Waals surface area contributed by atoms with Crippen LogP contribution in [0.4, 0.5) is 4.79 Å². The number of likely N-dealkylation sites (tertiary alicyclic amines) is 1. The second-order valence-electron chi connectivity index (χ2n) is 8.02. The molecule has 1 aliphatic heterocycles. The fourth-order valence-electron chi connectivity index (χ4n) is 3.25. The summed E-state index contributed by atoms with van der Waals surface area (Å²) in [6, 6.07) is 1.39. The summed E-state index contributed by atoms with van der Waals surface area (Å²) in [7, 11) is 0. The normalized spacial score (nSPS) is 20.6. The smallest absolute Gasteiger partial charge is 0.410 e. The highest BCUT2D eigenvalue weighted by Crippen LogP contribution is 2.30. The molecule has 0 saturated carbocycles. The lowest BCUT2D eigenvalue weighted by atomic mass is 10.0. The molecule has 1 atom stereocenters. The Morgan fingerprint density at radius 1 is 1.35 bits per heavy atom. The van der Waals surface area contributed by atoms with Crippen molar-refractivity contribution in [3.8, 4) is 5.88 Å². The van der Waals surface area contributed by atoms with Crippen LogP contribution in [0, 0.1) is 6.92 Å². The third-order valence-electron chi connectivity index (χ3n) is 4.51. The number of ether oxygens (including phenoxy) is 1. The van der Waals surface area contributed by atoms with Crippen LogP contribution < -0.4 is 5.56 Å². The largest absolute Gasteiger partial charge is 0.493 e. The van der Waals surface area contributed by atoms with E-state index in [1.165, 1.54) is 6.07 Å². The van der Waals surface area contributed by atoms with Crippen LogP contribution in [0.2, 0.25) is 0 Å². The van der Waals surface area contributed by atoms with Crippen LogP contribution >= 0.6 is 0 Å². The van der Waals surface area contributed by atoms with Crippen molar-refractivity contribution in [3.05, 3.63) is 28.4 Å². The minimum atomic E-state index is -0.598. The first-order valence-corrected chi connectivity index (χ1v) is 8.57. The molecule has 1 amide bonds. The summed E-state index contributed by atoms with van der Waals surface area (Å²) >= 11 is 0. The number of aromatic nitrogens is 3. The highest BCUT2D eigenvalue weighted by Gasteiger charge is 2.39. The van der Waals surface area contributed by atoms with Crippen LogP contribution in [-0.2, 0) is 10.3 Å². The van der Waals surface area contributed by atoms with Gasteiger partial charge in [-0.3, -0.25) is 4.79 Å². The molecule has 0 aromatic carbocycles. The monoisotopic (exact) mass is 360 g/mol. The van der Waals surface area contributed by atoms with E-state index in [4.69, 9.17) is 4.74 Å². The van der Waals surface area contributed by atoms with E-state index in [0.29, 0.717) is 36.2 Å². The molecular formula is C18H24N4O4. The first kappa shape index (κ1) is 18.2. The fourth-order valence-corrected chi connectivity index (χ4v) is 3.25. The molecule has 2 aromatic heterocycles. The summed E-state index contributed by atoms with van der Waals surface area (Å²) in [5, 5.41) is 10.5. The second-order valence-corrected chi connectivity index (χ2v) is 8.02. The average molecular weight is 360 g/mol. The highest BCUT2D eigenvalue weighted by atomic mass is 16.6. The zero-order valence-electron chi connectivity index (χ0n) is 15.7. The number of amides is 1. The van der Waals surface area contributed by atoms with Gasteiger partial charge in [-0.15, -0.1) is 0 Å². The van der Waals surface area contributed by atoms with Gasteiger partial charge in [0, 0.05) is 25.4 Å². The maximum absolute atomic E-state index is 12.6. The number of nitrogens with zero attached hydrogens (tertiary/aromatic N) is 4. The predicted molar refractivity (Wildman–Crippen MR) is 96.3 cm³/mol. The Bertz CT molecular complexity index is 931. The van der Waals surface area contributed by atoms with Crippen LogP contribution in [0.5, 0.6) is 5.88 Å². The van der Waals surface area contributed by atoms with E-state index in [0.717, 1.165) is 0 Å². The molecule has 1 unspecified atom stereocenters. The van der Waals surface area contributed by atoms with E-state index in [2.05, 4.69) is 9.97 Å². The summed E-state index contributed by atoms with van der Waals surface area (Å²) in [4.78, 5) is 34.7. The van der Waals surface area contributed by atoms with Crippen molar-refractivity contribution in [2.24, 2.45) is 0 Å². The van der Waals surface area contributed by atoms with Crippen LogP contribution in [0.15, 0.2) is 17.1 Å². The summed E-state index contributed by atoms with van der Waals surface area (Å²) in [5.41, 5.74) is -0.999. The topological polar surface area (TPSA) is 97.5 Å². The molecule has 0 aliphatic carbocycles. The van der Waals surface area contributed by atoms with Crippen molar-refractivity contribution < 1.29 is 14.6 Å². The van der Waals surface area contributed by atoms with Gasteiger partial charge in [0.15, 0.2) is 0 Å². The molecule has 8 nitrogen and oxygen atoms in total. The zero-order valence-corrected chi connectivity index (χ0v) is 15.7. The van der Waals surface area contributed by atoms with Gasteiger partial charge in [-0.1, -0.05) is 0 Å². The van der Waals surface area contributed by atoms with Gasteiger partial charge in [-0.25, -0.2) is 9.78 Å². The quantitative estimate of drug-likeness (QED) is 0.837. The molecule has 140 valence electrons. The first-order valence-electron chi connectivity index (χ1n) is 8.57. The molecule has 2 aromatic rings. The number of carbonyl (C=O) groups is 1. The maximum Gasteiger partial charge on any atom is 0.410 e. The zero-order chi connectivity index (χ0) is 19.3. The van der Waals surface area contributed by atoms with Crippen molar-refractivity contribution in [2.45, 2.75) is 52.2 Å². The number of aromatic hydroxyl groups is 1. The van der Waals surface area contributed by atoms with Gasteiger partial charge in [-0.05, 0) is 41.0 Å². The summed E-state index contributed by atoms with van der Waals surface area (Å²) < 4.78 is 6.98. The summed E-state index contributed by atoms with van der Waals surface area (Å²) in [6.45, 7) is 9.86. The van der Waals surface area contributed by atoms with Crippen LogP contribution in [0.1, 0.15) is 39.9 Å². The molecule has 1 N–H and O–H groups in total. The molecule has 0 spiro atoms. The van der Waals surface area contributed by atoms with Crippen molar-refractivity contribution in [2.75, 3.05) is 13.1 Å². The van der Waals surface area contributed by atoms with Crippen molar-refractivity contribution in [1.82, 2.24) is 19.4 Å². The molecule has 3 heterocycles. The minimum Gasteiger partial charge on any atom is -0.493 e. The van der Waals surface area contributed by atoms with E-state index in [1.54, 1.807) is 22.6 Å². The lowest BCUT2D eigenvalue weighted by molar-refractivity contribution is 0.0277. The van der Waals surface area contributed by atoms with Gasteiger partial charge < -0.3 is 19.3 Å². The van der Waals surface area contributed by atoms with E-state index in [9.17, 15) is 14.7 Å². The number of pyridine rings is 1. The molecule has 3 rings (SSSR count). The summed E-state index contributed by atoms with van der Waals surface area (Å²) in [5.74, 6) is 0.238. The summed E-state index contributed by atoms with van der Waals surface area (Å²) in [6.07, 6.45) is 1.78. The third kappa shape index (κ3) is 3.36. The van der Waals surface area contributed by atoms with Gasteiger partial charge in [0.05, 0.1) is 16.4 Å². The van der Waals surface area contributed by atoms with E-state index >= 15 is 0 Å². The number of hydrogen-bond donors (Lipinski definition) is 1. The molecule has 1 aliphatic rings. The first-order chi connectivity index (χ1) is 12.0. The van der Waals surface area contributed by atoms with Gasteiger partial charge >= 0.3 is 6.09 Å². The molecule has 0 bridgehead atoms. The Hall–Kier alpha value is -2.64. The van der Waals surface area contributed by atoms with Gasteiger partial charge in [0.25, 0.3) is 5.56 Å². The average Bonchev–Trinajstić information content (AvgIpc) is 2.88. The van der Waals surface area contributed by atoms with Crippen LogP contribution in [0.25, 0.3) is 10.9 Å². The fraction of sp³-hybridized carbons (Fsp3) is 0.556. The lowest BCUT2D eigenvalue weighted by Crippen LogP contribution is -2.42. The van der Waals surface area contributed by atoms with Crippen LogP contribution in [-0.4, -0.2) is 49.3 Å². The van der Waals surface area contributed by atoms with Gasteiger partial charge in [0.1, 0.15) is 11.4 Å². The number of rotatable bonds is 1. The Labute approximate surface area is 151 Å². The Balaban J connectivity index is 1.95. The molecule has 26 heavy (non-hydrogen) atoms. The molecule has 1 fully saturated rings. The SMILES string of the molecule is Cc1nc(O)c2cn(C3(C)CCN(C(=O)OC(C)(C)C)C3)c(=O)cc2n1. The molecule has 0 radical (unpaired) electrons. The van der Waals surface area contributed by atoms with Crippen LogP contribution in [0.3, 0.4) is 0 Å². The number of aryl methyl sites for hydroxylation is 1. The second kappa shape index (κ2) is 5.96. The number of fused-ring (bicyclic) bond motifs is 1. The van der Waals surface area contributed by atoms with Crippen molar-refractivity contribution in [3.63, 3.8) is 0 Å². The highest BCUT2D eigenvalue weighted by molar-refractivity contribution is 5.82. The van der Waals surface area contributed by atoms with E-state index in [1.807, 2.05) is 27.7 Å². The van der Waals surface area contributed by atoms with Crippen molar-refractivity contribution >= 4 is 17.0 Å². The van der Waals surface area contributed by atoms with Crippen molar-refractivity contribution in [1.29, 1.82) is 0 Å². The standard InChI is InChI=1S/C18H24N4O4/c1-11-19-13-8-14(23)22(9-12(13)15(24)20-11)18(5)6-7-21(10-18)16(25)26-17(2,3)4/h8-9H,6-7,10H2,1-5H3,(H,19,20,24). The van der Waals surface area contributed by atoms with E-state index < -0.39 is 17.2 Å². The molecular weight excluding hydrogens is 336 g/mol. The maximum atomic E-state index is 12.6. The third-order valence-corrected chi connectivity index (χ3v) is 4.51. The van der Waals surface area contributed by atoms with Gasteiger partial charge in [0.2, 0.25) is 5.88 Å². The Morgan fingerprint density at radius 2 is 2.04 bits per heavy atom. The molecule has 1 saturated heterocycles. The Kier molecular flexibility index (Phi) is 4.17. The predicted octanol–water partition coefficient (Wildman–Crippen LogP) is 2.16. The molecule has 8 heteroatoms. The lowest BCUT2D eigenvalue weighted by Gasteiger charge is -2.29. The van der Waals surface area contributed by atoms with Gasteiger partial charge in [-0.2, -0.15) is 4.98 Å². The number of hydrogen-bond acceptors (Lipinski definition) is 6. The Morgan fingerprint density at radius 3 is 2.69 bits per heavy atom.